The molecule has 1 rings (SSSR count). The number of hydrogen-bond donors (Lipinski definition) is 0. The predicted octanol–water partition coefficient (Wildman–Crippen LogP) is 2.04. The summed E-state index contributed by atoms with van der Waals surface area (Å²) in [5.74, 6) is -1.86. The van der Waals surface area contributed by atoms with Gasteiger partial charge in [0.25, 0.3) is 0 Å². The Morgan fingerprint density at radius 1 is 1.12 bits per heavy atom. The largest absolute Gasteiger partial charge is 0.488 e. The molecule has 0 aliphatic carbocycles. The number of esters is 3. The molecule has 0 fully saturated rings. The summed E-state index contributed by atoms with van der Waals surface area (Å²) in [7, 11) is 1.20. The van der Waals surface area contributed by atoms with Crippen LogP contribution in [0.2, 0.25) is 0 Å². The van der Waals surface area contributed by atoms with Crippen LogP contribution in [0, 0.1) is 0 Å². The molecule has 24 heavy (non-hydrogen) atoms. The zero-order valence-electron chi connectivity index (χ0n) is 14.2. The summed E-state index contributed by atoms with van der Waals surface area (Å²) in [6.45, 7) is 4.59. The molecule has 0 saturated heterocycles. The van der Waals surface area contributed by atoms with Crippen molar-refractivity contribution < 1.29 is 33.3 Å². The Kier molecular flexibility index (Phi) is 7.67. The van der Waals surface area contributed by atoms with Gasteiger partial charge < -0.3 is 18.9 Å². The lowest BCUT2D eigenvalue weighted by atomic mass is 10.2. The Hall–Kier alpha value is -2.64. The molecule has 0 aromatic carbocycles. The molecule has 0 unspecified atom stereocenters. The van der Waals surface area contributed by atoms with Crippen molar-refractivity contribution in [1.29, 1.82) is 0 Å². The molecule has 0 amide bonds. The highest BCUT2D eigenvalue weighted by atomic mass is 16.6. The molecule has 0 saturated carbocycles. The van der Waals surface area contributed by atoms with Crippen LogP contribution >= 0.6 is 0 Å². The number of pyridine rings is 1. The molecule has 0 aliphatic heterocycles. The van der Waals surface area contributed by atoms with E-state index in [-0.39, 0.29) is 29.4 Å². The van der Waals surface area contributed by atoms with Crippen molar-refractivity contribution in [3.05, 3.63) is 17.5 Å². The Bertz CT molecular complexity index is 613. The lowest BCUT2D eigenvalue weighted by Gasteiger charge is -2.16. The van der Waals surface area contributed by atoms with Crippen LogP contribution in [-0.2, 0) is 25.7 Å². The Morgan fingerprint density at radius 2 is 1.83 bits per heavy atom. The number of aromatic nitrogens is 1. The number of unbranched alkanes of at least 4 members (excludes halogenated alkanes) is 1. The average molecular weight is 339 g/mol. The molecule has 0 aliphatic rings. The normalized spacial score (nSPS) is 10.0. The molecule has 0 spiro atoms. The summed E-state index contributed by atoms with van der Waals surface area (Å²) < 4.78 is 20.4. The number of carbonyl (C=O) groups excluding carboxylic acids is 3. The summed E-state index contributed by atoms with van der Waals surface area (Å²) in [5.41, 5.74) is 0.191. The zero-order chi connectivity index (χ0) is 18.1. The van der Waals surface area contributed by atoms with E-state index in [1.54, 1.807) is 0 Å². The van der Waals surface area contributed by atoms with E-state index in [9.17, 15) is 14.4 Å². The number of nitrogens with zero attached hydrogens (tertiary/aromatic N) is 1. The highest BCUT2D eigenvalue weighted by molar-refractivity contribution is 5.94. The third-order valence-corrected chi connectivity index (χ3v) is 2.87. The summed E-state index contributed by atoms with van der Waals surface area (Å²) >= 11 is 0. The van der Waals surface area contributed by atoms with Crippen molar-refractivity contribution in [2.45, 2.75) is 40.2 Å². The molecule has 0 atom stereocenters. The minimum absolute atomic E-state index is 0.0502. The average Bonchev–Trinajstić information content (AvgIpc) is 2.53. The second-order valence-electron chi connectivity index (χ2n) is 4.84. The minimum Gasteiger partial charge on any atom is -0.488 e. The van der Waals surface area contributed by atoms with Crippen LogP contribution in [0.4, 0.5) is 0 Å². The van der Waals surface area contributed by atoms with Gasteiger partial charge in [0.15, 0.2) is 11.5 Å². The van der Waals surface area contributed by atoms with Gasteiger partial charge in [0.05, 0.1) is 13.7 Å². The number of ether oxygens (including phenoxy) is 4. The van der Waals surface area contributed by atoms with Gasteiger partial charge >= 0.3 is 17.9 Å². The molecule has 8 heteroatoms. The second-order valence-corrected chi connectivity index (χ2v) is 4.84. The summed E-state index contributed by atoms with van der Waals surface area (Å²) in [4.78, 5) is 38.4. The van der Waals surface area contributed by atoms with Gasteiger partial charge in [0.1, 0.15) is 17.9 Å². The highest BCUT2D eigenvalue weighted by Crippen LogP contribution is 2.35. The van der Waals surface area contributed by atoms with E-state index in [2.05, 4.69) is 9.72 Å². The van der Waals surface area contributed by atoms with Crippen molar-refractivity contribution in [1.82, 2.24) is 4.98 Å². The smallest absolute Gasteiger partial charge is 0.343 e. The molecular weight excluding hydrogens is 318 g/mol. The first kappa shape index (κ1) is 19.4. The summed E-state index contributed by atoms with van der Waals surface area (Å²) in [5, 5.41) is 0. The molecule has 1 aromatic rings. The van der Waals surface area contributed by atoms with Crippen molar-refractivity contribution in [3.8, 4) is 11.5 Å². The molecular formula is C16H21NO7. The SMILES string of the molecule is CCCCOc1c(COC(C)=O)ncc(C(=O)OC)c1OC(C)=O. The van der Waals surface area contributed by atoms with Gasteiger partial charge in [0, 0.05) is 20.0 Å². The first-order chi connectivity index (χ1) is 11.4. The van der Waals surface area contributed by atoms with Crippen molar-refractivity contribution in [2.75, 3.05) is 13.7 Å². The van der Waals surface area contributed by atoms with Gasteiger partial charge in [-0.15, -0.1) is 0 Å². The third kappa shape index (κ3) is 5.53. The van der Waals surface area contributed by atoms with E-state index in [1.165, 1.54) is 27.2 Å². The Labute approximate surface area is 140 Å². The van der Waals surface area contributed by atoms with Gasteiger partial charge in [-0.05, 0) is 6.42 Å². The van der Waals surface area contributed by atoms with E-state index < -0.39 is 17.9 Å². The molecule has 0 bridgehead atoms. The van der Waals surface area contributed by atoms with Crippen molar-refractivity contribution >= 4 is 17.9 Å². The van der Waals surface area contributed by atoms with Gasteiger partial charge in [-0.2, -0.15) is 0 Å². The minimum atomic E-state index is -0.724. The van der Waals surface area contributed by atoms with Gasteiger partial charge in [-0.25, -0.2) is 4.79 Å². The first-order valence-corrected chi connectivity index (χ1v) is 7.45. The zero-order valence-corrected chi connectivity index (χ0v) is 14.2. The molecule has 0 radical (unpaired) electrons. The number of carbonyl (C=O) groups is 3. The van der Waals surface area contributed by atoms with E-state index in [0.29, 0.717) is 6.61 Å². The van der Waals surface area contributed by atoms with E-state index >= 15 is 0 Å². The van der Waals surface area contributed by atoms with Crippen LogP contribution < -0.4 is 9.47 Å². The third-order valence-electron chi connectivity index (χ3n) is 2.87. The van der Waals surface area contributed by atoms with Crippen LogP contribution in [0.15, 0.2) is 6.20 Å². The molecule has 1 aromatic heterocycles. The fourth-order valence-electron chi connectivity index (χ4n) is 1.75. The van der Waals surface area contributed by atoms with Gasteiger partial charge in [-0.3, -0.25) is 14.6 Å². The van der Waals surface area contributed by atoms with Gasteiger partial charge in [0.2, 0.25) is 0 Å². The lowest BCUT2D eigenvalue weighted by Crippen LogP contribution is -2.14. The first-order valence-electron chi connectivity index (χ1n) is 7.45. The maximum absolute atomic E-state index is 11.9. The molecule has 1 heterocycles. The van der Waals surface area contributed by atoms with Crippen LogP contribution in [0.3, 0.4) is 0 Å². The maximum atomic E-state index is 11.9. The van der Waals surface area contributed by atoms with Crippen molar-refractivity contribution in [2.24, 2.45) is 0 Å². The summed E-state index contributed by atoms with van der Waals surface area (Å²) in [6, 6.07) is 0. The highest BCUT2D eigenvalue weighted by Gasteiger charge is 2.24. The lowest BCUT2D eigenvalue weighted by molar-refractivity contribution is -0.142. The van der Waals surface area contributed by atoms with Crippen molar-refractivity contribution in [3.63, 3.8) is 0 Å². The van der Waals surface area contributed by atoms with E-state index in [4.69, 9.17) is 14.2 Å². The van der Waals surface area contributed by atoms with Crippen LogP contribution in [-0.4, -0.2) is 36.6 Å². The van der Waals surface area contributed by atoms with Crippen LogP contribution in [0.1, 0.15) is 49.7 Å². The Balaban J connectivity index is 3.34. The number of rotatable bonds is 8. The van der Waals surface area contributed by atoms with Gasteiger partial charge in [-0.1, -0.05) is 13.3 Å². The van der Waals surface area contributed by atoms with Crippen LogP contribution in [0.5, 0.6) is 11.5 Å². The predicted molar refractivity (Wildman–Crippen MR) is 82.8 cm³/mol. The Morgan fingerprint density at radius 3 is 2.38 bits per heavy atom. The number of hydrogen-bond acceptors (Lipinski definition) is 8. The quantitative estimate of drug-likeness (QED) is 0.524. The van der Waals surface area contributed by atoms with Crippen LogP contribution in [0.25, 0.3) is 0 Å². The number of methoxy groups -OCH3 is 1. The second kappa shape index (κ2) is 9.49. The van der Waals surface area contributed by atoms with E-state index in [0.717, 1.165) is 12.8 Å². The molecule has 8 nitrogen and oxygen atoms in total. The fourth-order valence-corrected chi connectivity index (χ4v) is 1.75. The monoisotopic (exact) mass is 339 g/mol. The topological polar surface area (TPSA) is 101 Å². The summed E-state index contributed by atoms with van der Waals surface area (Å²) in [6.07, 6.45) is 2.82. The maximum Gasteiger partial charge on any atom is 0.343 e. The fraction of sp³-hybridized carbons (Fsp3) is 0.500. The molecule has 0 N–H and O–H groups in total. The van der Waals surface area contributed by atoms with E-state index in [1.807, 2.05) is 6.92 Å². The molecule has 132 valence electrons. The standard InChI is InChI=1S/C16H21NO7/c1-5-6-7-22-15-13(9-23-10(2)18)17-8-12(16(20)21-4)14(15)24-11(3)19/h8H,5-7,9H2,1-4H3.